The van der Waals surface area contributed by atoms with E-state index in [1.807, 2.05) is 0 Å². The van der Waals surface area contributed by atoms with Crippen LogP contribution in [0.25, 0.3) is 0 Å². The van der Waals surface area contributed by atoms with E-state index in [9.17, 15) is 0 Å². The smallest absolute Gasteiger partial charge is 0.0726 e. The number of nitrogens with zero attached hydrogens (tertiary/aromatic N) is 3. The van der Waals surface area contributed by atoms with E-state index < -0.39 is 0 Å². The van der Waals surface area contributed by atoms with Gasteiger partial charge in [-0.25, -0.2) is 0 Å². The van der Waals surface area contributed by atoms with Gasteiger partial charge in [-0.1, -0.05) is 46.5 Å². The Kier molecular flexibility index (Phi) is 9.43. The summed E-state index contributed by atoms with van der Waals surface area (Å²) in [5.74, 6) is 0.703. The Labute approximate surface area is 216 Å². The third-order valence-corrected chi connectivity index (χ3v) is 9.57. The van der Waals surface area contributed by atoms with Crippen molar-refractivity contribution in [3.05, 3.63) is 23.8 Å². The predicted octanol–water partition coefficient (Wildman–Crippen LogP) is 7.08. The van der Waals surface area contributed by atoms with Crippen LogP contribution >= 0.6 is 0 Å². The SMILES string of the molecule is CCCCCN1CCN(c2ccc(N3C[C@@H](C)O[C@@H](C)C3)cc2C2CCC(CC)(CC)CC2)CC1. The number of benzene rings is 1. The van der Waals surface area contributed by atoms with Crippen molar-refractivity contribution in [2.24, 2.45) is 5.41 Å². The highest BCUT2D eigenvalue weighted by atomic mass is 16.5. The number of anilines is 2. The molecule has 1 saturated carbocycles. The molecule has 1 aliphatic carbocycles. The standard InChI is InChI=1S/C31H53N3O/c1-6-9-10-17-32-18-20-33(21-19-32)30-12-11-28(34-23-25(4)35-26(5)24-34)22-29(30)27-13-15-31(7-2,8-3)16-14-27/h11-12,22,25-27H,6-10,13-21,23-24H2,1-5H3/t25-,26+. The van der Waals surface area contributed by atoms with Crippen molar-refractivity contribution in [1.82, 2.24) is 4.90 Å². The molecule has 0 radical (unpaired) electrons. The van der Waals surface area contributed by atoms with Crippen LogP contribution in [-0.4, -0.2) is 62.9 Å². The monoisotopic (exact) mass is 483 g/mol. The minimum Gasteiger partial charge on any atom is -0.372 e. The maximum Gasteiger partial charge on any atom is 0.0726 e. The van der Waals surface area contributed by atoms with Crippen LogP contribution in [-0.2, 0) is 4.74 Å². The molecular formula is C31H53N3O. The van der Waals surface area contributed by atoms with Gasteiger partial charge in [0.15, 0.2) is 0 Å². The molecule has 0 spiro atoms. The average molecular weight is 484 g/mol. The van der Waals surface area contributed by atoms with Gasteiger partial charge in [0.2, 0.25) is 0 Å². The maximum atomic E-state index is 6.04. The molecule has 3 aliphatic rings. The molecule has 0 bridgehead atoms. The van der Waals surface area contributed by atoms with Crippen LogP contribution in [0.1, 0.15) is 104 Å². The highest BCUT2D eigenvalue weighted by Gasteiger charge is 2.34. The molecule has 2 aliphatic heterocycles. The Morgan fingerprint density at radius 1 is 0.857 bits per heavy atom. The normalized spacial score (nSPS) is 26.3. The highest BCUT2D eigenvalue weighted by molar-refractivity contribution is 5.64. The lowest BCUT2D eigenvalue weighted by atomic mass is 9.66. The second kappa shape index (κ2) is 12.3. The molecule has 4 rings (SSSR count). The van der Waals surface area contributed by atoms with Crippen LogP contribution in [0.2, 0.25) is 0 Å². The lowest BCUT2D eigenvalue weighted by molar-refractivity contribution is -0.00522. The van der Waals surface area contributed by atoms with E-state index in [0.717, 1.165) is 13.1 Å². The summed E-state index contributed by atoms with van der Waals surface area (Å²) in [6.07, 6.45) is 12.8. The van der Waals surface area contributed by atoms with Crippen LogP contribution in [0.15, 0.2) is 18.2 Å². The van der Waals surface area contributed by atoms with E-state index in [1.165, 1.54) is 102 Å². The van der Waals surface area contributed by atoms with E-state index in [1.54, 1.807) is 5.56 Å². The summed E-state index contributed by atoms with van der Waals surface area (Å²) in [7, 11) is 0. The fourth-order valence-corrected chi connectivity index (χ4v) is 7.04. The van der Waals surface area contributed by atoms with Gasteiger partial charge in [0.25, 0.3) is 0 Å². The topological polar surface area (TPSA) is 19.0 Å². The van der Waals surface area contributed by atoms with Gasteiger partial charge in [0.05, 0.1) is 12.2 Å². The summed E-state index contributed by atoms with van der Waals surface area (Å²) in [5, 5.41) is 0. The Balaban J connectivity index is 1.53. The fourth-order valence-electron chi connectivity index (χ4n) is 7.04. The molecule has 2 saturated heterocycles. The number of rotatable bonds is 9. The van der Waals surface area contributed by atoms with Gasteiger partial charge in [0, 0.05) is 50.6 Å². The van der Waals surface area contributed by atoms with Crippen molar-refractivity contribution in [2.75, 3.05) is 55.6 Å². The van der Waals surface area contributed by atoms with E-state index in [0.29, 0.717) is 23.5 Å². The molecule has 0 amide bonds. The van der Waals surface area contributed by atoms with Crippen LogP contribution in [0.4, 0.5) is 11.4 Å². The summed E-state index contributed by atoms with van der Waals surface area (Å²) >= 11 is 0. The molecule has 1 aromatic carbocycles. The molecule has 198 valence electrons. The van der Waals surface area contributed by atoms with Gasteiger partial charge in [-0.2, -0.15) is 0 Å². The zero-order valence-corrected chi connectivity index (χ0v) is 23.5. The largest absolute Gasteiger partial charge is 0.372 e. The lowest BCUT2D eigenvalue weighted by Gasteiger charge is -2.42. The summed E-state index contributed by atoms with van der Waals surface area (Å²) in [6, 6.07) is 7.47. The molecule has 0 aromatic heterocycles. The Morgan fingerprint density at radius 3 is 2.11 bits per heavy atom. The first-order valence-electron chi connectivity index (χ1n) is 15.0. The van der Waals surface area contributed by atoms with Crippen molar-refractivity contribution in [2.45, 2.75) is 111 Å². The fraction of sp³-hybridized carbons (Fsp3) is 0.806. The van der Waals surface area contributed by atoms with Gasteiger partial charge in [-0.3, -0.25) is 4.90 Å². The Hall–Kier alpha value is -1.26. The maximum absolute atomic E-state index is 6.04. The zero-order valence-electron chi connectivity index (χ0n) is 23.5. The van der Waals surface area contributed by atoms with Gasteiger partial charge < -0.3 is 14.5 Å². The predicted molar refractivity (Wildman–Crippen MR) is 151 cm³/mol. The summed E-state index contributed by atoms with van der Waals surface area (Å²) < 4.78 is 6.04. The van der Waals surface area contributed by atoms with Gasteiger partial charge in [-0.05, 0) is 87.6 Å². The van der Waals surface area contributed by atoms with Crippen LogP contribution in [0.5, 0.6) is 0 Å². The average Bonchev–Trinajstić information content (AvgIpc) is 2.88. The van der Waals surface area contributed by atoms with Gasteiger partial charge >= 0.3 is 0 Å². The van der Waals surface area contributed by atoms with Crippen LogP contribution in [0, 0.1) is 5.41 Å². The minimum atomic E-state index is 0.298. The molecule has 2 atom stereocenters. The first-order valence-corrected chi connectivity index (χ1v) is 15.0. The van der Waals surface area contributed by atoms with Crippen LogP contribution < -0.4 is 9.80 Å². The van der Waals surface area contributed by atoms with Crippen molar-refractivity contribution < 1.29 is 4.74 Å². The highest BCUT2D eigenvalue weighted by Crippen LogP contribution is 2.49. The first-order chi connectivity index (χ1) is 17.0. The molecular weight excluding hydrogens is 430 g/mol. The van der Waals surface area contributed by atoms with Crippen LogP contribution in [0.3, 0.4) is 0 Å². The van der Waals surface area contributed by atoms with Gasteiger partial charge in [0.1, 0.15) is 0 Å². The van der Waals surface area contributed by atoms with Crippen molar-refractivity contribution in [1.29, 1.82) is 0 Å². The van der Waals surface area contributed by atoms with E-state index in [2.05, 4.69) is 67.5 Å². The molecule has 2 heterocycles. The summed E-state index contributed by atoms with van der Waals surface area (Å²) in [6.45, 7) is 19.6. The van der Waals surface area contributed by atoms with E-state index in [-0.39, 0.29) is 0 Å². The number of piperazine rings is 1. The second-order valence-electron chi connectivity index (χ2n) is 11.9. The lowest BCUT2D eigenvalue weighted by Crippen LogP contribution is -2.47. The summed E-state index contributed by atoms with van der Waals surface area (Å²) in [4.78, 5) is 7.97. The van der Waals surface area contributed by atoms with Gasteiger partial charge in [-0.15, -0.1) is 0 Å². The molecule has 0 unspecified atom stereocenters. The quantitative estimate of drug-likeness (QED) is 0.349. The van der Waals surface area contributed by atoms with Crippen molar-refractivity contribution in [3.8, 4) is 0 Å². The number of hydrogen-bond acceptors (Lipinski definition) is 4. The molecule has 4 heteroatoms. The second-order valence-corrected chi connectivity index (χ2v) is 11.9. The summed E-state index contributed by atoms with van der Waals surface area (Å²) in [5.41, 5.74) is 5.16. The minimum absolute atomic E-state index is 0.298. The van der Waals surface area contributed by atoms with E-state index >= 15 is 0 Å². The first kappa shape index (κ1) is 26.8. The third kappa shape index (κ3) is 6.55. The number of unbranched alkanes of at least 4 members (excludes halogenated alkanes) is 2. The molecule has 1 aromatic rings. The number of ether oxygens (including phenoxy) is 1. The van der Waals surface area contributed by atoms with Crippen molar-refractivity contribution >= 4 is 11.4 Å². The third-order valence-electron chi connectivity index (χ3n) is 9.57. The van der Waals surface area contributed by atoms with Crippen molar-refractivity contribution in [3.63, 3.8) is 0 Å². The van der Waals surface area contributed by atoms with E-state index in [4.69, 9.17) is 4.74 Å². The molecule has 3 fully saturated rings. The molecule has 0 N–H and O–H groups in total. The molecule has 35 heavy (non-hydrogen) atoms. The molecule has 4 nitrogen and oxygen atoms in total. The zero-order chi connectivity index (χ0) is 24.8. The number of hydrogen-bond donors (Lipinski definition) is 0. The Bertz CT molecular complexity index is 763. The number of morpholine rings is 1. The Morgan fingerprint density at radius 2 is 1.51 bits per heavy atom.